The number of phenols is 1. The summed E-state index contributed by atoms with van der Waals surface area (Å²) in [6.45, 7) is 1.71. The van der Waals surface area contributed by atoms with Crippen molar-refractivity contribution in [3.05, 3.63) is 63.7 Å². The summed E-state index contributed by atoms with van der Waals surface area (Å²) in [5.41, 5.74) is 1.80. The molecule has 0 saturated carbocycles. The second-order valence-corrected chi connectivity index (χ2v) is 4.60. The normalized spacial score (nSPS) is 10.1. The van der Waals surface area contributed by atoms with Gasteiger partial charge in [0.05, 0.1) is 11.3 Å². The van der Waals surface area contributed by atoms with Crippen LogP contribution in [-0.4, -0.2) is 15.9 Å². The van der Waals surface area contributed by atoms with Gasteiger partial charge >= 0.3 is 0 Å². The van der Waals surface area contributed by atoms with E-state index >= 15 is 0 Å². The summed E-state index contributed by atoms with van der Waals surface area (Å²) in [4.78, 5) is 22.0. The van der Waals surface area contributed by atoms with Gasteiger partial charge in [0.25, 0.3) is 5.69 Å². The molecule has 0 unspecified atom stereocenters. The van der Waals surface area contributed by atoms with E-state index in [1.165, 1.54) is 12.1 Å². The second kappa shape index (κ2) is 6.04. The number of non-ortho nitro benzene ring substituents is 1. The Hall–Kier alpha value is -2.89. The number of nitro benzene ring substituents is 1. The summed E-state index contributed by atoms with van der Waals surface area (Å²) in [5, 5.41) is 22.8. The molecule has 0 aromatic heterocycles. The number of phenolic OH excluding ortho intramolecular Hbond substituents is 1. The first kappa shape index (κ1) is 14.5. The van der Waals surface area contributed by atoms with Gasteiger partial charge in [-0.25, -0.2) is 0 Å². The molecule has 0 radical (unpaired) electrons. The van der Waals surface area contributed by atoms with E-state index < -0.39 is 4.92 Å². The van der Waals surface area contributed by atoms with Crippen molar-refractivity contribution in [1.82, 2.24) is 0 Å². The third-order valence-corrected chi connectivity index (χ3v) is 3.09. The largest absolute Gasteiger partial charge is 0.508 e. The van der Waals surface area contributed by atoms with Gasteiger partial charge in [-0.05, 0) is 24.6 Å². The zero-order chi connectivity index (χ0) is 15.4. The first-order chi connectivity index (χ1) is 9.97. The third-order valence-electron chi connectivity index (χ3n) is 3.09. The van der Waals surface area contributed by atoms with Crippen LogP contribution >= 0.6 is 0 Å². The molecular formula is C15H14N2O4. The number of anilines is 1. The molecule has 0 spiro atoms. The van der Waals surface area contributed by atoms with E-state index in [1.54, 1.807) is 37.3 Å². The number of nitrogens with zero attached hydrogens (tertiary/aromatic N) is 1. The number of nitro groups is 1. The highest BCUT2D eigenvalue weighted by Crippen LogP contribution is 2.24. The van der Waals surface area contributed by atoms with Gasteiger partial charge in [-0.2, -0.15) is 0 Å². The minimum atomic E-state index is -0.486. The number of hydrogen-bond donors (Lipinski definition) is 2. The van der Waals surface area contributed by atoms with E-state index in [1.807, 2.05) is 0 Å². The molecule has 0 bridgehead atoms. The smallest absolute Gasteiger partial charge is 0.269 e. The van der Waals surface area contributed by atoms with Crippen LogP contribution in [0.2, 0.25) is 0 Å². The first-order valence-electron chi connectivity index (χ1n) is 6.29. The fraction of sp³-hybridized carbons (Fsp3) is 0.133. The van der Waals surface area contributed by atoms with E-state index in [2.05, 4.69) is 5.32 Å². The zero-order valence-corrected chi connectivity index (χ0v) is 11.4. The molecule has 1 amide bonds. The van der Waals surface area contributed by atoms with Gasteiger partial charge in [0, 0.05) is 23.4 Å². The number of nitrogens with one attached hydrogen (secondary N) is 1. The summed E-state index contributed by atoms with van der Waals surface area (Å²) < 4.78 is 0. The Labute approximate surface area is 121 Å². The van der Waals surface area contributed by atoms with Crippen molar-refractivity contribution in [2.24, 2.45) is 0 Å². The Morgan fingerprint density at radius 1 is 1.24 bits per heavy atom. The molecule has 2 aromatic rings. The SMILES string of the molecule is Cc1c(O)cccc1NC(=O)Cc1ccc([N+](=O)[O-])cc1. The van der Waals surface area contributed by atoms with Crippen molar-refractivity contribution in [3.63, 3.8) is 0 Å². The average Bonchev–Trinajstić information content (AvgIpc) is 2.44. The van der Waals surface area contributed by atoms with E-state index in [4.69, 9.17) is 0 Å². The lowest BCUT2D eigenvalue weighted by Gasteiger charge is -2.09. The number of benzene rings is 2. The van der Waals surface area contributed by atoms with Crippen LogP contribution in [0.5, 0.6) is 5.75 Å². The van der Waals surface area contributed by atoms with Crippen LogP contribution in [0.4, 0.5) is 11.4 Å². The topological polar surface area (TPSA) is 92.5 Å². The minimum absolute atomic E-state index is 0.0111. The second-order valence-electron chi connectivity index (χ2n) is 4.60. The Morgan fingerprint density at radius 2 is 1.90 bits per heavy atom. The highest BCUT2D eigenvalue weighted by atomic mass is 16.6. The van der Waals surface area contributed by atoms with Gasteiger partial charge < -0.3 is 10.4 Å². The molecule has 0 saturated heterocycles. The van der Waals surface area contributed by atoms with Gasteiger partial charge in [-0.1, -0.05) is 18.2 Å². The molecule has 6 heteroatoms. The van der Waals surface area contributed by atoms with E-state index in [-0.39, 0.29) is 23.8 Å². The van der Waals surface area contributed by atoms with Crippen molar-refractivity contribution < 1.29 is 14.8 Å². The van der Waals surface area contributed by atoms with Crippen molar-refractivity contribution >= 4 is 17.3 Å². The number of amides is 1. The molecule has 0 aliphatic heterocycles. The summed E-state index contributed by atoms with van der Waals surface area (Å²) in [5.74, 6) is -0.138. The monoisotopic (exact) mass is 286 g/mol. The van der Waals surface area contributed by atoms with Crippen molar-refractivity contribution in [2.75, 3.05) is 5.32 Å². The van der Waals surface area contributed by atoms with E-state index in [0.29, 0.717) is 16.8 Å². The van der Waals surface area contributed by atoms with Crippen molar-refractivity contribution in [2.45, 2.75) is 13.3 Å². The Balaban J connectivity index is 2.04. The van der Waals surface area contributed by atoms with Crippen LogP contribution in [-0.2, 0) is 11.2 Å². The number of rotatable bonds is 4. The molecular weight excluding hydrogens is 272 g/mol. The van der Waals surface area contributed by atoms with E-state index in [9.17, 15) is 20.0 Å². The van der Waals surface area contributed by atoms with Crippen LogP contribution in [0.25, 0.3) is 0 Å². The van der Waals surface area contributed by atoms with Crippen LogP contribution in [0, 0.1) is 17.0 Å². The van der Waals surface area contributed by atoms with Gasteiger partial charge in [0.1, 0.15) is 5.75 Å². The molecule has 0 fully saturated rings. The first-order valence-corrected chi connectivity index (χ1v) is 6.29. The number of carbonyl (C=O) groups is 1. The van der Waals surface area contributed by atoms with Gasteiger partial charge in [0.2, 0.25) is 5.91 Å². The lowest BCUT2D eigenvalue weighted by Crippen LogP contribution is -2.15. The highest BCUT2D eigenvalue weighted by Gasteiger charge is 2.09. The molecule has 0 aliphatic rings. The zero-order valence-electron chi connectivity index (χ0n) is 11.4. The highest BCUT2D eigenvalue weighted by molar-refractivity contribution is 5.93. The Kier molecular flexibility index (Phi) is 4.18. The fourth-order valence-corrected chi connectivity index (χ4v) is 1.87. The lowest BCUT2D eigenvalue weighted by atomic mass is 10.1. The fourth-order valence-electron chi connectivity index (χ4n) is 1.87. The quantitative estimate of drug-likeness (QED) is 0.667. The van der Waals surface area contributed by atoms with Crippen LogP contribution in [0.15, 0.2) is 42.5 Å². The molecule has 108 valence electrons. The maximum Gasteiger partial charge on any atom is 0.269 e. The standard InChI is InChI=1S/C15H14N2O4/c1-10-13(3-2-4-14(10)18)16-15(19)9-11-5-7-12(8-6-11)17(20)21/h2-8,18H,9H2,1H3,(H,16,19). The number of carbonyl (C=O) groups excluding carboxylic acids is 1. The third kappa shape index (κ3) is 3.56. The molecule has 2 rings (SSSR count). The Bertz CT molecular complexity index is 681. The van der Waals surface area contributed by atoms with Gasteiger partial charge in [-0.15, -0.1) is 0 Å². The van der Waals surface area contributed by atoms with Crippen LogP contribution in [0.3, 0.4) is 0 Å². The summed E-state index contributed by atoms with van der Waals surface area (Å²) in [7, 11) is 0. The molecule has 2 aromatic carbocycles. The summed E-state index contributed by atoms with van der Waals surface area (Å²) in [6.07, 6.45) is 0.104. The molecule has 21 heavy (non-hydrogen) atoms. The summed E-state index contributed by atoms with van der Waals surface area (Å²) in [6, 6.07) is 10.7. The Morgan fingerprint density at radius 3 is 2.52 bits per heavy atom. The minimum Gasteiger partial charge on any atom is -0.508 e. The van der Waals surface area contributed by atoms with Gasteiger partial charge in [-0.3, -0.25) is 14.9 Å². The van der Waals surface area contributed by atoms with Crippen molar-refractivity contribution in [3.8, 4) is 5.75 Å². The molecule has 6 nitrogen and oxygen atoms in total. The van der Waals surface area contributed by atoms with Crippen LogP contribution in [0.1, 0.15) is 11.1 Å². The molecule has 2 N–H and O–H groups in total. The predicted octanol–water partition coefficient (Wildman–Crippen LogP) is 2.79. The van der Waals surface area contributed by atoms with E-state index in [0.717, 1.165) is 0 Å². The molecule has 0 heterocycles. The van der Waals surface area contributed by atoms with Gasteiger partial charge in [0.15, 0.2) is 0 Å². The molecule has 0 aliphatic carbocycles. The maximum atomic E-state index is 11.9. The number of hydrogen-bond acceptors (Lipinski definition) is 4. The van der Waals surface area contributed by atoms with Crippen molar-refractivity contribution in [1.29, 1.82) is 0 Å². The maximum absolute atomic E-state index is 11.9. The predicted molar refractivity (Wildman–Crippen MR) is 78.3 cm³/mol. The average molecular weight is 286 g/mol. The van der Waals surface area contributed by atoms with Crippen LogP contribution < -0.4 is 5.32 Å². The summed E-state index contributed by atoms with van der Waals surface area (Å²) >= 11 is 0. The number of aromatic hydroxyl groups is 1. The molecule has 0 atom stereocenters. The lowest BCUT2D eigenvalue weighted by molar-refractivity contribution is -0.384.